The Morgan fingerprint density at radius 2 is 2.00 bits per heavy atom. The SMILES string of the molecule is O=C(Nc1cc(Cl)ccc1Cl)N1CCOCC1. The molecular weight excluding hydrogens is 263 g/mol. The summed E-state index contributed by atoms with van der Waals surface area (Å²) in [5.74, 6) is 0. The highest BCUT2D eigenvalue weighted by Crippen LogP contribution is 2.25. The van der Waals surface area contributed by atoms with Gasteiger partial charge in [-0.1, -0.05) is 23.2 Å². The number of morpholine rings is 1. The molecule has 0 saturated carbocycles. The molecule has 6 heteroatoms. The van der Waals surface area contributed by atoms with E-state index in [2.05, 4.69) is 5.32 Å². The molecule has 2 amide bonds. The predicted octanol–water partition coefficient (Wildman–Crippen LogP) is 2.86. The van der Waals surface area contributed by atoms with E-state index in [-0.39, 0.29) is 6.03 Å². The summed E-state index contributed by atoms with van der Waals surface area (Å²) in [6.07, 6.45) is 0. The molecule has 1 aromatic rings. The summed E-state index contributed by atoms with van der Waals surface area (Å²) in [6.45, 7) is 2.31. The van der Waals surface area contributed by atoms with Crippen LogP contribution >= 0.6 is 23.2 Å². The van der Waals surface area contributed by atoms with E-state index >= 15 is 0 Å². The summed E-state index contributed by atoms with van der Waals surface area (Å²) in [6, 6.07) is 4.77. The Morgan fingerprint density at radius 3 is 2.71 bits per heavy atom. The first-order valence-electron chi connectivity index (χ1n) is 5.25. The summed E-state index contributed by atoms with van der Waals surface area (Å²) in [4.78, 5) is 13.6. The van der Waals surface area contributed by atoms with E-state index in [0.717, 1.165) is 0 Å². The number of halogens is 2. The van der Waals surface area contributed by atoms with E-state index < -0.39 is 0 Å². The van der Waals surface area contributed by atoms with E-state index in [0.29, 0.717) is 42.0 Å². The summed E-state index contributed by atoms with van der Waals surface area (Å²) < 4.78 is 5.17. The lowest BCUT2D eigenvalue weighted by molar-refractivity contribution is 0.0564. The van der Waals surface area contributed by atoms with Crippen molar-refractivity contribution in [1.29, 1.82) is 0 Å². The third-order valence-electron chi connectivity index (χ3n) is 2.47. The van der Waals surface area contributed by atoms with E-state index in [1.165, 1.54) is 0 Å². The second-order valence-electron chi connectivity index (χ2n) is 3.65. The largest absolute Gasteiger partial charge is 0.378 e. The summed E-state index contributed by atoms with van der Waals surface area (Å²) in [7, 11) is 0. The summed E-state index contributed by atoms with van der Waals surface area (Å²) in [5.41, 5.74) is 0.524. The molecule has 1 aromatic carbocycles. The fourth-order valence-corrected chi connectivity index (χ4v) is 1.89. The lowest BCUT2D eigenvalue weighted by Crippen LogP contribution is -2.43. The van der Waals surface area contributed by atoms with Gasteiger partial charge in [0.25, 0.3) is 0 Å². The average molecular weight is 275 g/mol. The number of rotatable bonds is 1. The molecule has 0 aromatic heterocycles. The Morgan fingerprint density at radius 1 is 1.29 bits per heavy atom. The highest BCUT2D eigenvalue weighted by molar-refractivity contribution is 6.35. The minimum absolute atomic E-state index is 0.183. The number of benzene rings is 1. The van der Waals surface area contributed by atoms with Crippen molar-refractivity contribution in [3.8, 4) is 0 Å². The highest BCUT2D eigenvalue weighted by Gasteiger charge is 2.17. The molecule has 0 unspecified atom stereocenters. The fraction of sp³-hybridized carbons (Fsp3) is 0.364. The van der Waals surface area contributed by atoms with Gasteiger partial charge in [-0.3, -0.25) is 0 Å². The first-order chi connectivity index (χ1) is 8.16. The maximum atomic E-state index is 11.9. The quantitative estimate of drug-likeness (QED) is 0.856. The van der Waals surface area contributed by atoms with Crippen LogP contribution in [-0.2, 0) is 4.74 Å². The van der Waals surface area contributed by atoms with E-state index in [4.69, 9.17) is 27.9 Å². The monoisotopic (exact) mass is 274 g/mol. The lowest BCUT2D eigenvalue weighted by atomic mass is 10.3. The molecule has 1 fully saturated rings. The summed E-state index contributed by atoms with van der Waals surface area (Å²) >= 11 is 11.8. The smallest absolute Gasteiger partial charge is 0.322 e. The van der Waals surface area contributed by atoms with Gasteiger partial charge in [-0.05, 0) is 18.2 Å². The molecule has 4 nitrogen and oxygen atoms in total. The van der Waals surface area contributed by atoms with Crippen LogP contribution in [0, 0.1) is 0 Å². The standard InChI is InChI=1S/C11H12Cl2N2O2/c12-8-1-2-9(13)10(7-8)14-11(16)15-3-5-17-6-4-15/h1-2,7H,3-6H2,(H,14,16). The van der Waals surface area contributed by atoms with Gasteiger partial charge in [0.2, 0.25) is 0 Å². The van der Waals surface area contributed by atoms with Gasteiger partial charge in [0.1, 0.15) is 0 Å². The zero-order chi connectivity index (χ0) is 12.3. The zero-order valence-corrected chi connectivity index (χ0v) is 10.6. The number of hydrogen-bond acceptors (Lipinski definition) is 2. The minimum Gasteiger partial charge on any atom is -0.378 e. The van der Waals surface area contributed by atoms with Crippen LogP contribution in [0.4, 0.5) is 10.5 Å². The van der Waals surface area contributed by atoms with Crippen LogP contribution in [0.3, 0.4) is 0 Å². The first kappa shape index (κ1) is 12.5. The Kier molecular flexibility index (Phi) is 4.10. The van der Waals surface area contributed by atoms with Gasteiger partial charge >= 0.3 is 6.03 Å². The highest BCUT2D eigenvalue weighted by atomic mass is 35.5. The van der Waals surface area contributed by atoms with Gasteiger partial charge in [0.05, 0.1) is 23.9 Å². The molecule has 0 atom stereocenters. The number of nitrogens with zero attached hydrogens (tertiary/aromatic N) is 1. The van der Waals surface area contributed by atoms with E-state index in [9.17, 15) is 4.79 Å². The number of amides is 2. The molecule has 1 aliphatic heterocycles. The third kappa shape index (κ3) is 3.25. The molecule has 0 aliphatic carbocycles. The van der Waals surface area contributed by atoms with Crippen LogP contribution in [0.1, 0.15) is 0 Å². The Hall–Kier alpha value is -0.970. The lowest BCUT2D eigenvalue weighted by Gasteiger charge is -2.27. The number of anilines is 1. The minimum atomic E-state index is -0.183. The number of nitrogens with one attached hydrogen (secondary N) is 1. The maximum absolute atomic E-state index is 11.9. The van der Waals surface area contributed by atoms with Crippen molar-refractivity contribution < 1.29 is 9.53 Å². The number of carbonyl (C=O) groups is 1. The second-order valence-corrected chi connectivity index (χ2v) is 4.50. The molecule has 17 heavy (non-hydrogen) atoms. The van der Waals surface area contributed by atoms with Gasteiger partial charge in [-0.15, -0.1) is 0 Å². The summed E-state index contributed by atoms with van der Waals surface area (Å²) in [5, 5.41) is 3.74. The Bertz CT molecular complexity index is 420. The van der Waals surface area contributed by atoms with E-state index in [1.54, 1.807) is 23.1 Å². The zero-order valence-electron chi connectivity index (χ0n) is 9.08. The number of ether oxygens (including phenoxy) is 1. The van der Waals surface area contributed by atoms with Gasteiger partial charge in [0.15, 0.2) is 0 Å². The number of hydrogen-bond donors (Lipinski definition) is 1. The third-order valence-corrected chi connectivity index (χ3v) is 3.03. The van der Waals surface area contributed by atoms with Crippen LogP contribution in [0.15, 0.2) is 18.2 Å². The molecule has 0 spiro atoms. The Labute approximate surface area is 109 Å². The van der Waals surface area contributed by atoms with Gasteiger partial charge in [-0.25, -0.2) is 4.79 Å². The van der Waals surface area contributed by atoms with Crippen LogP contribution in [0.2, 0.25) is 10.0 Å². The predicted molar refractivity (Wildman–Crippen MR) is 67.9 cm³/mol. The molecule has 1 aliphatic rings. The molecule has 92 valence electrons. The molecular formula is C11H12Cl2N2O2. The van der Waals surface area contributed by atoms with Gasteiger partial charge in [0, 0.05) is 18.1 Å². The van der Waals surface area contributed by atoms with Crippen LogP contribution in [0.25, 0.3) is 0 Å². The number of urea groups is 1. The van der Waals surface area contributed by atoms with Crippen molar-refractivity contribution in [3.05, 3.63) is 28.2 Å². The van der Waals surface area contributed by atoms with E-state index in [1.807, 2.05) is 0 Å². The molecule has 1 N–H and O–H groups in total. The van der Waals surface area contributed by atoms with Crippen molar-refractivity contribution in [2.24, 2.45) is 0 Å². The maximum Gasteiger partial charge on any atom is 0.322 e. The van der Waals surface area contributed by atoms with Gasteiger partial charge in [-0.2, -0.15) is 0 Å². The van der Waals surface area contributed by atoms with Crippen LogP contribution in [0.5, 0.6) is 0 Å². The second kappa shape index (κ2) is 5.58. The molecule has 2 rings (SSSR count). The number of carbonyl (C=O) groups excluding carboxylic acids is 1. The van der Waals surface area contributed by atoms with Crippen LogP contribution < -0.4 is 5.32 Å². The van der Waals surface area contributed by atoms with Crippen molar-refractivity contribution >= 4 is 34.9 Å². The normalized spacial score (nSPS) is 15.8. The Balaban J connectivity index is 2.04. The van der Waals surface area contributed by atoms with Crippen molar-refractivity contribution in [1.82, 2.24) is 4.90 Å². The first-order valence-corrected chi connectivity index (χ1v) is 6.01. The average Bonchev–Trinajstić information content (AvgIpc) is 2.35. The molecule has 1 heterocycles. The van der Waals surface area contributed by atoms with Gasteiger partial charge < -0.3 is 15.0 Å². The topological polar surface area (TPSA) is 41.6 Å². The molecule has 0 radical (unpaired) electrons. The van der Waals surface area contributed by atoms with Crippen molar-refractivity contribution in [2.75, 3.05) is 31.6 Å². The van der Waals surface area contributed by atoms with Crippen molar-refractivity contribution in [2.45, 2.75) is 0 Å². The molecule has 0 bridgehead atoms. The van der Waals surface area contributed by atoms with Crippen molar-refractivity contribution in [3.63, 3.8) is 0 Å². The fourth-order valence-electron chi connectivity index (χ4n) is 1.55. The molecule has 1 saturated heterocycles. The van der Waals surface area contributed by atoms with Crippen LogP contribution in [-0.4, -0.2) is 37.2 Å².